The largest absolute Gasteiger partial charge is 0.492 e. The summed E-state index contributed by atoms with van der Waals surface area (Å²) in [6.45, 7) is 7.45. The Morgan fingerprint density at radius 1 is 1.19 bits per heavy atom. The molecule has 2 unspecified atom stereocenters. The van der Waals surface area contributed by atoms with E-state index >= 15 is 0 Å². The molecule has 0 saturated carbocycles. The zero-order chi connectivity index (χ0) is 19.4. The van der Waals surface area contributed by atoms with Crippen molar-refractivity contribution in [1.29, 1.82) is 5.26 Å². The Morgan fingerprint density at radius 2 is 1.85 bits per heavy atom. The molecule has 1 aromatic heterocycles. The van der Waals surface area contributed by atoms with Crippen LogP contribution in [-0.4, -0.2) is 53.3 Å². The van der Waals surface area contributed by atoms with Crippen LogP contribution in [0.3, 0.4) is 0 Å². The molecule has 27 heavy (non-hydrogen) atoms. The Hall–Kier alpha value is -2.89. The number of hydrogen-bond donors (Lipinski definition) is 2. The third-order valence-corrected chi connectivity index (χ3v) is 4.37. The van der Waals surface area contributed by atoms with Gasteiger partial charge in [0.05, 0.1) is 17.9 Å². The van der Waals surface area contributed by atoms with Gasteiger partial charge in [-0.25, -0.2) is 4.98 Å². The molecule has 0 amide bonds. The van der Waals surface area contributed by atoms with Crippen LogP contribution in [0.25, 0.3) is 11.3 Å². The van der Waals surface area contributed by atoms with Crippen LogP contribution in [-0.2, 0) is 4.74 Å². The molecule has 3 rings (SSSR count). The maximum absolute atomic E-state index is 9.29. The monoisotopic (exact) mass is 368 g/mol. The van der Waals surface area contributed by atoms with E-state index in [1.807, 2.05) is 30.3 Å². The van der Waals surface area contributed by atoms with Gasteiger partial charge in [0.15, 0.2) is 0 Å². The van der Waals surface area contributed by atoms with Crippen LogP contribution >= 0.6 is 0 Å². The fourth-order valence-corrected chi connectivity index (χ4v) is 3.28. The zero-order valence-corrected chi connectivity index (χ0v) is 15.6. The van der Waals surface area contributed by atoms with E-state index in [0.717, 1.165) is 30.9 Å². The van der Waals surface area contributed by atoms with Gasteiger partial charge in [-0.2, -0.15) is 10.2 Å². The Bertz CT molecular complexity index is 823. The molecule has 142 valence electrons. The van der Waals surface area contributed by atoms with Crippen molar-refractivity contribution >= 4 is 11.8 Å². The van der Waals surface area contributed by atoms with Crippen molar-refractivity contribution < 1.29 is 9.47 Å². The number of nitrogen functional groups attached to an aromatic ring is 2. The molecule has 8 nitrogen and oxygen atoms in total. The Kier molecular flexibility index (Phi) is 5.74. The van der Waals surface area contributed by atoms with Crippen molar-refractivity contribution in [3.63, 3.8) is 0 Å². The summed E-state index contributed by atoms with van der Waals surface area (Å²) in [7, 11) is 0. The van der Waals surface area contributed by atoms with Gasteiger partial charge in [-0.1, -0.05) is 0 Å². The number of rotatable bonds is 5. The summed E-state index contributed by atoms with van der Waals surface area (Å²) >= 11 is 0. The van der Waals surface area contributed by atoms with Gasteiger partial charge in [0, 0.05) is 25.2 Å². The summed E-state index contributed by atoms with van der Waals surface area (Å²) in [5.74, 6) is 0.867. The van der Waals surface area contributed by atoms with E-state index in [4.69, 9.17) is 20.9 Å². The summed E-state index contributed by atoms with van der Waals surface area (Å²) in [5.41, 5.74) is 12.8. The number of aromatic nitrogens is 2. The van der Waals surface area contributed by atoms with Gasteiger partial charge in [0.2, 0.25) is 5.95 Å². The fourth-order valence-electron chi connectivity index (χ4n) is 3.28. The van der Waals surface area contributed by atoms with E-state index in [1.165, 1.54) is 0 Å². The minimum absolute atomic E-state index is 0.0378. The molecular weight excluding hydrogens is 344 g/mol. The van der Waals surface area contributed by atoms with Gasteiger partial charge >= 0.3 is 0 Å². The highest BCUT2D eigenvalue weighted by Crippen LogP contribution is 2.27. The van der Waals surface area contributed by atoms with Gasteiger partial charge < -0.3 is 20.9 Å². The fraction of sp³-hybridized carbons (Fsp3) is 0.421. The van der Waals surface area contributed by atoms with E-state index in [2.05, 4.69) is 28.7 Å². The average molecular weight is 368 g/mol. The van der Waals surface area contributed by atoms with Crippen molar-refractivity contribution in [3.8, 4) is 23.1 Å². The highest BCUT2D eigenvalue weighted by Gasteiger charge is 2.21. The first-order chi connectivity index (χ1) is 13.0. The Balaban J connectivity index is 1.62. The standard InChI is InChI=1S/C19H24N6O2/c1-12-10-25(11-13(2)27-12)7-8-26-15-5-3-14(4-6-15)17-16(9-20)18(21)24-19(22)23-17/h3-6,12-13H,7-8,10-11H2,1-2H3,(H4,21,22,23,24). The Labute approximate surface area is 158 Å². The summed E-state index contributed by atoms with van der Waals surface area (Å²) < 4.78 is 11.6. The molecule has 0 bridgehead atoms. The molecule has 1 aliphatic rings. The van der Waals surface area contributed by atoms with Gasteiger partial charge in [0.1, 0.15) is 29.8 Å². The van der Waals surface area contributed by atoms with Crippen molar-refractivity contribution in [1.82, 2.24) is 14.9 Å². The van der Waals surface area contributed by atoms with Crippen LogP contribution in [0.15, 0.2) is 24.3 Å². The predicted molar refractivity (Wildman–Crippen MR) is 103 cm³/mol. The van der Waals surface area contributed by atoms with Crippen LogP contribution in [0.5, 0.6) is 5.75 Å². The molecule has 8 heteroatoms. The first-order valence-electron chi connectivity index (χ1n) is 8.90. The summed E-state index contributed by atoms with van der Waals surface area (Å²) in [6.07, 6.45) is 0.491. The van der Waals surface area contributed by atoms with E-state index in [1.54, 1.807) is 0 Å². The normalized spacial score (nSPS) is 20.2. The molecule has 2 atom stereocenters. The van der Waals surface area contributed by atoms with Crippen LogP contribution in [0.1, 0.15) is 19.4 Å². The maximum Gasteiger partial charge on any atom is 0.222 e. The number of ether oxygens (including phenoxy) is 2. The lowest BCUT2D eigenvalue weighted by Gasteiger charge is -2.35. The first kappa shape index (κ1) is 18.9. The SMILES string of the molecule is CC1CN(CCOc2ccc(-c3nc(N)nc(N)c3C#N)cc2)CC(C)O1. The number of nitriles is 1. The zero-order valence-electron chi connectivity index (χ0n) is 15.6. The number of benzene rings is 1. The van der Waals surface area contributed by atoms with Crippen LogP contribution in [0.4, 0.5) is 11.8 Å². The highest BCUT2D eigenvalue weighted by molar-refractivity contribution is 5.73. The van der Waals surface area contributed by atoms with Crippen LogP contribution in [0.2, 0.25) is 0 Å². The molecule has 0 aliphatic carbocycles. The third-order valence-electron chi connectivity index (χ3n) is 4.37. The van der Waals surface area contributed by atoms with Gasteiger partial charge in [-0.15, -0.1) is 0 Å². The lowest BCUT2D eigenvalue weighted by Crippen LogP contribution is -2.46. The number of nitrogens with two attached hydrogens (primary N) is 2. The maximum atomic E-state index is 9.29. The molecule has 1 saturated heterocycles. The molecule has 4 N–H and O–H groups in total. The predicted octanol–water partition coefficient (Wildman–Crippen LogP) is 1.67. The van der Waals surface area contributed by atoms with Crippen molar-refractivity contribution in [2.75, 3.05) is 37.7 Å². The van der Waals surface area contributed by atoms with Gasteiger partial charge in [0.25, 0.3) is 0 Å². The van der Waals surface area contributed by atoms with Gasteiger partial charge in [-0.05, 0) is 38.1 Å². The molecule has 0 spiro atoms. The smallest absolute Gasteiger partial charge is 0.222 e. The number of morpholine rings is 1. The molecule has 2 heterocycles. The number of nitrogens with zero attached hydrogens (tertiary/aromatic N) is 4. The summed E-state index contributed by atoms with van der Waals surface area (Å²) in [5, 5.41) is 9.29. The van der Waals surface area contributed by atoms with Gasteiger partial charge in [-0.3, -0.25) is 4.90 Å². The van der Waals surface area contributed by atoms with Crippen molar-refractivity contribution in [2.24, 2.45) is 0 Å². The summed E-state index contributed by atoms with van der Waals surface area (Å²) in [4.78, 5) is 10.3. The Morgan fingerprint density at radius 3 is 2.48 bits per heavy atom. The second kappa shape index (κ2) is 8.20. The molecule has 1 aromatic carbocycles. The van der Waals surface area contributed by atoms with E-state index in [9.17, 15) is 5.26 Å². The molecule has 2 aromatic rings. The van der Waals surface area contributed by atoms with Crippen molar-refractivity contribution in [2.45, 2.75) is 26.1 Å². The minimum Gasteiger partial charge on any atom is -0.492 e. The van der Waals surface area contributed by atoms with Crippen LogP contribution in [0, 0.1) is 11.3 Å². The first-order valence-corrected chi connectivity index (χ1v) is 8.90. The topological polar surface area (TPSA) is 123 Å². The van der Waals surface area contributed by atoms with E-state index in [-0.39, 0.29) is 29.5 Å². The lowest BCUT2D eigenvalue weighted by atomic mass is 10.1. The molecular formula is C19H24N6O2. The van der Waals surface area contributed by atoms with Crippen LogP contribution < -0.4 is 16.2 Å². The van der Waals surface area contributed by atoms with E-state index in [0.29, 0.717) is 12.3 Å². The summed E-state index contributed by atoms with van der Waals surface area (Å²) in [6, 6.07) is 9.37. The van der Waals surface area contributed by atoms with Crippen molar-refractivity contribution in [3.05, 3.63) is 29.8 Å². The lowest BCUT2D eigenvalue weighted by molar-refractivity contribution is -0.0699. The minimum atomic E-state index is 0.0378. The van der Waals surface area contributed by atoms with E-state index < -0.39 is 0 Å². The molecule has 0 radical (unpaired) electrons. The third kappa shape index (κ3) is 4.64. The molecule has 1 fully saturated rings. The quantitative estimate of drug-likeness (QED) is 0.817. The highest BCUT2D eigenvalue weighted by atomic mass is 16.5. The second-order valence-electron chi connectivity index (χ2n) is 6.69. The average Bonchev–Trinajstić information content (AvgIpc) is 2.61. The number of anilines is 2. The second-order valence-corrected chi connectivity index (χ2v) is 6.69. The number of hydrogen-bond acceptors (Lipinski definition) is 8. The molecule has 1 aliphatic heterocycles.